The third kappa shape index (κ3) is 2.75. The van der Waals surface area contributed by atoms with E-state index in [9.17, 15) is 14.4 Å². The van der Waals surface area contributed by atoms with E-state index in [0.29, 0.717) is 11.1 Å². The van der Waals surface area contributed by atoms with Crippen molar-refractivity contribution in [2.75, 3.05) is 0 Å². The lowest BCUT2D eigenvalue weighted by atomic mass is 9.62. The Bertz CT molecular complexity index is 1380. The summed E-state index contributed by atoms with van der Waals surface area (Å²) >= 11 is 0. The first-order valence-corrected chi connectivity index (χ1v) is 12.0. The Morgan fingerprint density at radius 1 is 0.829 bits per heavy atom. The van der Waals surface area contributed by atoms with E-state index in [-0.39, 0.29) is 17.3 Å². The van der Waals surface area contributed by atoms with E-state index in [0.717, 1.165) is 16.7 Å². The van der Waals surface area contributed by atoms with Crippen LogP contribution in [0.25, 0.3) is 0 Å². The Labute approximate surface area is 204 Å². The number of carbonyl (C=O) groups excluding carboxylic acids is 3. The minimum Gasteiger partial charge on any atom is -0.297 e. The summed E-state index contributed by atoms with van der Waals surface area (Å²) < 4.78 is 0. The van der Waals surface area contributed by atoms with Gasteiger partial charge in [-0.3, -0.25) is 19.4 Å². The number of hydrogen-bond donors (Lipinski definition) is 0. The molecule has 0 aromatic heterocycles. The largest absolute Gasteiger partial charge is 0.297 e. The number of fused-ring (bicyclic) bond motifs is 5. The van der Waals surface area contributed by atoms with E-state index in [1.54, 1.807) is 35.5 Å². The van der Waals surface area contributed by atoms with Crippen LogP contribution in [-0.2, 0) is 4.79 Å². The number of rotatable bonds is 2. The summed E-state index contributed by atoms with van der Waals surface area (Å²) in [5.41, 5.74) is 1.17. The first-order valence-electron chi connectivity index (χ1n) is 12.0. The van der Waals surface area contributed by atoms with Crippen molar-refractivity contribution in [3.8, 4) is 0 Å². The second kappa shape index (κ2) is 7.32. The highest BCUT2D eigenvalue weighted by Gasteiger charge is 2.73. The molecule has 0 amide bonds. The Morgan fingerprint density at radius 2 is 1.40 bits per heavy atom. The van der Waals surface area contributed by atoms with Crippen LogP contribution in [0.5, 0.6) is 0 Å². The molecule has 3 aromatic rings. The SMILES string of the molecule is CC(C)(C)C(=O)[C@H]1[C@H](c2ccccc2)C2(C(=O)c3ccccc3C2=O)[C@H]2c3ccccc3C=NN12. The van der Waals surface area contributed by atoms with Crippen LogP contribution in [0.2, 0.25) is 0 Å². The van der Waals surface area contributed by atoms with Crippen molar-refractivity contribution in [2.24, 2.45) is 15.9 Å². The van der Waals surface area contributed by atoms with Crippen molar-refractivity contribution in [2.45, 2.75) is 38.8 Å². The van der Waals surface area contributed by atoms with Crippen molar-refractivity contribution >= 4 is 23.6 Å². The van der Waals surface area contributed by atoms with Gasteiger partial charge < -0.3 is 0 Å². The lowest BCUT2D eigenvalue weighted by Gasteiger charge is -2.36. The highest BCUT2D eigenvalue weighted by atomic mass is 16.2. The van der Waals surface area contributed by atoms with Gasteiger partial charge in [-0.2, -0.15) is 5.10 Å². The summed E-state index contributed by atoms with van der Waals surface area (Å²) in [6.45, 7) is 5.64. The number of carbonyl (C=O) groups is 3. The Balaban J connectivity index is 1.72. The van der Waals surface area contributed by atoms with Gasteiger partial charge >= 0.3 is 0 Å². The molecule has 5 nitrogen and oxygen atoms in total. The van der Waals surface area contributed by atoms with E-state index in [2.05, 4.69) is 0 Å². The van der Waals surface area contributed by atoms with E-state index in [1.807, 2.05) is 75.4 Å². The molecule has 174 valence electrons. The van der Waals surface area contributed by atoms with E-state index < -0.39 is 28.8 Å². The lowest BCUT2D eigenvalue weighted by Crippen LogP contribution is -2.45. The van der Waals surface area contributed by atoms with E-state index in [1.165, 1.54) is 0 Å². The predicted octanol–water partition coefficient (Wildman–Crippen LogP) is 5.22. The summed E-state index contributed by atoms with van der Waals surface area (Å²) in [6.07, 6.45) is 1.74. The maximum absolute atomic E-state index is 14.5. The number of nitrogens with zero attached hydrogens (tertiary/aromatic N) is 2. The molecule has 3 atom stereocenters. The molecule has 2 aliphatic heterocycles. The van der Waals surface area contributed by atoms with Gasteiger partial charge in [-0.1, -0.05) is 99.6 Å². The zero-order valence-corrected chi connectivity index (χ0v) is 19.9. The van der Waals surface area contributed by atoms with Crippen LogP contribution in [-0.4, -0.2) is 34.6 Å². The average molecular weight is 463 g/mol. The highest BCUT2D eigenvalue weighted by Crippen LogP contribution is 2.64. The molecule has 0 radical (unpaired) electrons. The fourth-order valence-electron chi connectivity index (χ4n) is 6.25. The fourth-order valence-corrected chi connectivity index (χ4v) is 6.25. The van der Waals surface area contributed by atoms with Gasteiger partial charge in [0.1, 0.15) is 11.5 Å². The Hall–Kier alpha value is -3.86. The quantitative estimate of drug-likeness (QED) is 0.490. The molecule has 0 bridgehead atoms. The average Bonchev–Trinajstić information content (AvgIpc) is 3.30. The first-order chi connectivity index (χ1) is 16.8. The van der Waals surface area contributed by atoms with Crippen molar-refractivity contribution in [1.29, 1.82) is 0 Å². The van der Waals surface area contributed by atoms with Crippen LogP contribution in [0.1, 0.15) is 70.1 Å². The van der Waals surface area contributed by atoms with E-state index in [4.69, 9.17) is 5.10 Å². The zero-order chi connectivity index (χ0) is 24.5. The van der Waals surface area contributed by atoms with E-state index >= 15 is 0 Å². The molecule has 5 heteroatoms. The van der Waals surface area contributed by atoms with Gasteiger partial charge in [-0.25, -0.2) is 0 Å². The van der Waals surface area contributed by atoms with Crippen molar-refractivity contribution in [3.05, 3.63) is 107 Å². The topological polar surface area (TPSA) is 66.8 Å². The second-order valence-corrected chi connectivity index (χ2v) is 10.7. The van der Waals surface area contributed by atoms with Gasteiger partial charge in [0.2, 0.25) is 0 Å². The van der Waals surface area contributed by atoms with Gasteiger partial charge in [-0.05, 0) is 16.7 Å². The third-order valence-corrected chi connectivity index (χ3v) is 7.74. The standard InChI is InChI=1S/C30H26N2O3/c1-29(2,3)28(35)24-23(18-11-5-4-6-12-18)30(26(33)21-15-9-10-16-22(21)27(30)34)25-20-14-8-7-13-19(20)17-31-32(24)25/h4-17,23-25H,1-3H3/t23-,24+,25+/m0/s1. The van der Waals surface area contributed by atoms with Crippen LogP contribution in [0.15, 0.2) is 84.0 Å². The molecular formula is C30H26N2O3. The molecule has 1 saturated heterocycles. The number of hydrazone groups is 1. The minimum atomic E-state index is -1.50. The molecule has 1 spiro atoms. The van der Waals surface area contributed by atoms with Crippen molar-refractivity contribution in [1.82, 2.24) is 5.01 Å². The summed E-state index contributed by atoms with van der Waals surface area (Å²) in [5, 5.41) is 6.52. The predicted molar refractivity (Wildman–Crippen MR) is 134 cm³/mol. The van der Waals surface area contributed by atoms with Gasteiger partial charge in [0.25, 0.3) is 0 Å². The lowest BCUT2D eigenvalue weighted by molar-refractivity contribution is -0.131. The molecule has 2 heterocycles. The van der Waals surface area contributed by atoms with Crippen LogP contribution in [0.3, 0.4) is 0 Å². The summed E-state index contributed by atoms with van der Waals surface area (Å²) in [7, 11) is 0. The first kappa shape index (κ1) is 21.7. The fraction of sp³-hybridized carbons (Fsp3) is 0.267. The molecule has 3 aromatic carbocycles. The van der Waals surface area contributed by atoms with Crippen molar-refractivity contribution < 1.29 is 14.4 Å². The van der Waals surface area contributed by atoms with Crippen LogP contribution in [0.4, 0.5) is 0 Å². The van der Waals surface area contributed by atoms with Gasteiger partial charge in [0, 0.05) is 22.5 Å². The monoisotopic (exact) mass is 462 g/mol. The summed E-state index contributed by atoms with van der Waals surface area (Å²) in [5.74, 6) is -1.17. The number of Topliss-reactive ketones (excluding diaryl/α,β-unsaturated/α-hetero) is 3. The summed E-state index contributed by atoms with van der Waals surface area (Å²) in [4.78, 5) is 43.1. The smallest absolute Gasteiger partial charge is 0.180 e. The molecule has 0 N–H and O–H groups in total. The van der Waals surface area contributed by atoms with Crippen LogP contribution < -0.4 is 0 Å². The molecular weight excluding hydrogens is 436 g/mol. The van der Waals surface area contributed by atoms with Crippen LogP contribution >= 0.6 is 0 Å². The molecule has 35 heavy (non-hydrogen) atoms. The number of hydrogen-bond acceptors (Lipinski definition) is 5. The molecule has 0 unspecified atom stereocenters. The summed E-state index contributed by atoms with van der Waals surface area (Å²) in [6, 6.07) is 22.9. The maximum atomic E-state index is 14.5. The highest BCUT2D eigenvalue weighted by molar-refractivity contribution is 6.31. The Kier molecular flexibility index (Phi) is 4.53. The van der Waals surface area contributed by atoms with Gasteiger partial charge in [-0.15, -0.1) is 0 Å². The second-order valence-electron chi connectivity index (χ2n) is 10.7. The third-order valence-electron chi connectivity index (χ3n) is 7.74. The number of benzene rings is 3. The zero-order valence-electron chi connectivity index (χ0n) is 19.9. The minimum absolute atomic E-state index is 0.0404. The molecule has 3 aliphatic rings. The molecule has 0 saturated carbocycles. The normalized spacial score (nSPS) is 23.9. The maximum Gasteiger partial charge on any atom is 0.180 e. The molecule has 6 rings (SSSR count). The Morgan fingerprint density at radius 3 is 2.03 bits per heavy atom. The van der Waals surface area contributed by atoms with Gasteiger partial charge in [0.15, 0.2) is 17.3 Å². The van der Waals surface area contributed by atoms with Gasteiger partial charge in [0.05, 0.1) is 12.3 Å². The van der Waals surface area contributed by atoms with Crippen molar-refractivity contribution in [3.63, 3.8) is 0 Å². The number of ketones is 3. The molecule has 1 fully saturated rings. The molecule has 1 aliphatic carbocycles. The van der Waals surface area contributed by atoms with Crippen LogP contribution in [0, 0.1) is 10.8 Å².